The van der Waals surface area contributed by atoms with Crippen molar-refractivity contribution in [2.75, 3.05) is 19.7 Å². The zero-order valence-corrected chi connectivity index (χ0v) is 12.7. The van der Waals surface area contributed by atoms with E-state index in [0.29, 0.717) is 24.0 Å². The van der Waals surface area contributed by atoms with Gasteiger partial charge in [-0.2, -0.15) is 0 Å². The molecule has 0 aliphatic carbocycles. The van der Waals surface area contributed by atoms with Crippen LogP contribution in [0.1, 0.15) is 41.9 Å². The molecule has 2 aromatic rings. The van der Waals surface area contributed by atoms with Crippen molar-refractivity contribution in [1.29, 1.82) is 0 Å². The minimum atomic E-state index is -0.00514. The SMILES string of the molecule is CCOc1ncccc1C(=O)N1CCC(c2ncc[nH]2)CC1. The van der Waals surface area contributed by atoms with Crippen LogP contribution in [0.5, 0.6) is 5.88 Å². The van der Waals surface area contributed by atoms with E-state index in [9.17, 15) is 4.79 Å². The minimum Gasteiger partial charge on any atom is -0.477 e. The van der Waals surface area contributed by atoms with Gasteiger partial charge in [0.1, 0.15) is 11.4 Å². The molecule has 0 unspecified atom stereocenters. The number of nitrogens with one attached hydrogen (secondary N) is 1. The number of carbonyl (C=O) groups is 1. The van der Waals surface area contributed by atoms with Gasteiger partial charge in [0.05, 0.1) is 6.61 Å². The Bertz CT molecular complexity index is 619. The molecule has 1 N–H and O–H groups in total. The fourth-order valence-corrected chi connectivity index (χ4v) is 2.83. The molecule has 0 radical (unpaired) electrons. The molecule has 1 saturated heterocycles. The van der Waals surface area contributed by atoms with Crippen LogP contribution in [-0.2, 0) is 0 Å². The fourth-order valence-electron chi connectivity index (χ4n) is 2.83. The van der Waals surface area contributed by atoms with Crippen molar-refractivity contribution in [2.45, 2.75) is 25.7 Å². The predicted molar refractivity (Wildman–Crippen MR) is 81.9 cm³/mol. The maximum atomic E-state index is 12.7. The number of aromatic nitrogens is 3. The molecule has 1 aliphatic heterocycles. The molecule has 0 spiro atoms. The van der Waals surface area contributed by atoms with Crippen LogP contribution >= 0.6 is 0 Å². The van der Waals surface area contributed by atoms with E-state index in [-0.39, 0.29) is 5.91 Å². The van der Waals surface area contributed by atoms with E-state index in [1.165, 1.54) is 0 Å². The number of rotatable bonds is 4. The molecule has 1 amide bonds. The summed E-state index contributed by atoms with van der Waals surface area (Å²) in [6, 6.07) is 3.55. The molecule has 116 valence electrons. The van der Waals surface area contributed by atoms with Crippen LogP contribution in [0.15, 0.2) is 30.7 Å². The highest BCUT2D eigenvalue weighted by Crippen LogP contribution is 2.27. The summed E-state index contributed by atoms with van der Waals surface area (Å²) in [7, 11) is 0. The van der Waals surface area contributed by atoms with Gasteiger partial charge in [-0.25, -0.2) is 9.97 Å². The normalized spacial score (nSPS) is 15.8. The van der Waals surface area contributed by atoms with Crippen molar-refractivity contribution in [3.05, 3.63) is 42.1 Å². The number of hydrogen-bond acceptors (Lipinski definition) is 4. The standard InChI is InChI=1S/C16H20N4O2/c1-2-22-15-13(4-3-7-19-15)16(21)20-10-5-12(6-11-20)14-17-8-9-18-14/h3-4,7-9,12H,2,5-6,10-11H2,1H3,(H,17,18). The van der Waals surface area contributed by atoms with Gasteiger partial charge in [0, 0.05) is 37.6 Å². The molecule has 1 aliphatic rings. The van der Waals surface area contributed by atoms with Gasteiger partial charge in [-0.1, -0.05) is 0 Å². The molecule has 0 aromatic carbocycles. The predicted octanol–water partition coefficient (Wildman–Crippen LogP) is 2.22. The summed E-state index contributed by atoms with van der Waals surface area (Å²) in [5, 5.41) is 0. The molecule has 0 bridgehead atoms. The molecular weight excluding hydrogens is 280 g/mol. The number of hydrogen-bond donors (Lipinski definition) is 1. The Hall–Kier alpha value is -2.37. The third-order valence-electron chi connectivity index (χ3n) is 3.97. The van der Waals surface area contributed by atoms with Gasteiger partial charge in [-0.3, -0.25) is 4.79 Å². The Kier molecular flexibility index (Phi) is 4.37. The second kappa shape index (κ2) is 6.60. The van der Waals surface area contributed by atoms with Gasteiger partial charge in [0.2, 0.25) is 5.88 Å². The number of carbonyl (C=O) groups excluding carboxylic acids is 1. The van der Waals surface area contributed by atoms with Crippen LogP contribution in [0.2, 0.25) is 0 Å². The lowest BCUT2D eigenvalue weighted by Crippen LogP contribution is -2.38. The van der Waals surface area contributed by atoms with E-state index < -0.39 is 0 Å². The van der Waals surface area contributed by atoms with Gasteiger partial charge >= 0.3 is 0 Å². The van der Waals surface area contributed by atoms with Gasteiger partial charge in [-0.15, -0.1) is 0 Å². The lowest BCUT2D eigenvalue weighted by molar-refractivity contribution is 0.0706. The topological polar surface area (TPSA) is 71.1 Å². The van der Waals surface area contributed by atoms with Crippen molar-refractivity contribution in [3.8, 4) is 5.88 Å². The summed E-state index contributed by atoms with van der Waals surface area (Å²) < 4.78 is 5.46. The van der Waals surface area contributed by atoms with Gasteiger partial charge in [0.25, 0.3) is 5.91 Å². The molecule has 0 saturated carbocycles. The van der Waals surface area contributed by atoms with Crippen LogP contribution in [0.3, 0.4) is 0 Å². The third-order valence-corrected chi connectivity index (χ3v) is 3.97. The maximum absolute atomic E-state index is 12.7. The lowest BCUT2D eigenvalue weighted by atomic mass is 9.96. The van der Waals surface area contributed by atoms with E-state index in [1.54, 1.807) is 24.5 Å². The Morgan fingerprint density at radius 2 is 2.18 bits per heavy atom. The maximum Gasteiger partial charge on any atom is 0.259 e. The summed E-state index contributed by atoms with van der Waals surface area (Å²) in [6.45, 7) is 3.84. The quantitative estimate of drug-likeness (QED) is 0.940. The Morgan fingerprint density at radius 1 is 1.36 bits per heavy atom. The summed E-state index contributed by atoms with van der Waals surface area (Å²) in [5.74, 6) is 1.83. The third kappa shape index (κ3) is 2.95. The number of nitrogens with zero attached hydrogens (tertiary/aromatic N) is 3. The first-order valence-electron chi connectivity index (χ1n) is 7.66. The second-order valence-electron chi connectivity index (χ2n) is 5.33. The number of likely N-dealkylation sites (tertiary alicyclic amines) is 1. The summed E-state index contributed by atoms with van der Waals surface area (Å²) in [5.41, 5.74) is 0.542. The van der Waals surface area contributed by atoms with Crippen molar-refractivity contribution in [3.63, 3.8) is 0 Å². The average molecular weight is 300 g/mol. The van der Waals surface area contributed by atoms with Crippen LogP contribution in [0, 0.1) is 0 Å². The van der Waals surface area contributed by atoms with Crippen molar-refractivity contribution in [2.24, 2.45) is 0 Å². The summed E-state index contributed by atoms with van der Waals surface area (Å²) in [6.07, 6.45) is 7.10. The van der Waals surface area contributed by atoms with E-state index in [0.717, 1.165) is 31.8 Å². The smallest absolute Gasteiger partial charge is 0.259 e. The van der Waals surface area contributed by atoms with E-state index in [1.807, 2.05) is 18.0 Å². The number of piperidine rings is 1. The molecule has 22 heavy (non-hydrogen) atoms. The number of pyridine rings is 1. The number of aromatic amines is 1. The average Bonchev–Trinajstić information content (AvgIpc) is 3.10. The molecular formula is C16H20N4O2. The molecule has 1 fully saturated rings. The van der Waals surface area contributed by atoms with Crippen molar-refractivity contribution in [1.82, 2.24) is 19.9 Å². The first-order valence-corrected chi connectivity index (χ1v) is 7.66. The van der Waals surface area contributed by atoms with Crippen LogP contribution in [-0.4, -0.2) is 45.5 Å². The van der Waals surface area contributed by atoms with Crippen molar-refractivity contribution < 1.29 is 9.53 Å². The Labute approximate surface area is 129 Å². The number of ether oxygens (including phenoxy) is 1. The zero-order chi connectivity index (χ0) is 15.4. The molecule has 0 atom stereocenters. The summed E-state index contributed by atoms with van der Waals surface area (Å²) in [4.78, 5) is 26.2. The minimum absolute atomic E-state index is 0.00514. The zero-order valence-electron chi connectivity index (χ0n) is 12.7. The Balaban J connectivity index is 1.67. The highest BCUT2D eigenvalue weighted by atomic mass is 16.5. The van der Waals surface area contributed by atoms with Gasteiger partial charge < -0.3 is 14.6 Å². The van der Waals surface area contributed by atoms with E-state index in [2.05, 4.69) is 15.0 Å². The highest BCUT2D eigenvalue weighted by Gasteiger charge is 2.27. The monoisotopic (exact) mass is 300 g/mol. The first kappa shape index (κ1) is 14.6. The number of imidazole rings is 1. The molecule has 3 heterocycles. The molecule has 6 nitrogen and oxygen atoms in total. The van der Waals surface area contributed by atoms with Gasteiger partial charge in [0.15, 0.2) is 0 Å². The van der Waals surface area contributed by atoms with Gasteiger partial charge in [-0.05, 0) is 31.9 Å². The van der Waals surface area contributed by atoms with E-state index >= 15 is 0 Å². The number of H-pyrrole nitrogens is 1. The fraction of sp³-hybridized carbons (Fsp3) is 0.438. The van der Waals surface area contributed by atoms with Crippen LogP contribution in [0.4, 0.5) is 0 Å². The van der Waals surface area contributed by atoms with E-state index in [4.69, 9.17) is 4.74 Å². The summed E-state index contributed by atoms with van der Waals surface area (Å²) >= 11 is 0. The van der Waals surface area contributed by atoms with Crippen LogP contribution in [0.25, 0.3) is 0 Å². The second-order valence-corrected chi connectivity index (χ2v) is 5.33. The lowest BCUT2D eigenvalue weighted by Gasteiger charge is -2.31. The molecule has 3 rings (SSSR count). The Morgan fingerprint density at radius 3 is 2.86 bits per heavy atom. The van der Waals surface area contributed by atoms with Crippen molar-refractivity contribution >= 4 is 5.91 Å². The first-order chi connectivity index (χ1) is 10.8. The van der Waals surface area contributed by atoms with Crippen LogP contribution < -0.4 is 4.74 Å². The number of amides is 1. The largest absolute Gasteiger partial charge is 0.477 e. The molecule has 2 aromatic heterocycles. The highest BCUT2D eigenvalue weighted by molar-refractivity contribution is 5.96. The molecule has 6 heteroatoms.